The fraction of sp³-hybridized carbons (Fsp3) is 0.242. The van der Waals surface area contributed by atoms with Gasteiger partial charge < -0.3 is 26.2 Å². The Balaban J connectivity index is 1.32. The molecule has 44 heavy (non-hydrogen) atoms. The summed E-state index contributed by atoms with van der Waals surface area (Å²) < 4.78 is 13.5. The minimum Gasteiger partial charge on any atom is -0.508 e. The molecule has 0 heterocycles. The number of rotatable bonds is 6. The maximum Gasteiger partial charge on any atom is 0.255 e. The highest BCUT2D eigenvalue weighted by atomic mass is 19.1. The molecule has 3 atom stereocenters. The average Bonchev–Trinajstić information content (AvgIpc) is 2.95. The Labute approximate surface area is 251 Å². The number of nitrogens with zero attached hydrogens (tertiary/aromatic N) is 1. The van der Waals surface area contributed by atoms with Crippen LogP contribution in [0.5, 0.6) is 5.75 Å². The van der Waals surface area contributed by atoms with Crippen LogP contribution in [-0.4, -0.2) is 48.5 Å². The van der Waals surface area contributed by atoms with Gasteiger partial charge in [0, 0.05) is 31.0 Å². The molecule has 0 spiro atoms. The first kappa shape index (κ1) is 29.2. The molecule has 226 valence electrons. The minimum absolute atomic E-state index is 0.0296. The summed E-state index contributed by atoms with van der Waals surface area (Å²) in [6.07, 6.45) is -0.133. The number of aliphatic hydroxyl groups excluding tert-OH is 2. The number of primary amides is 1. The van der Waals surface area contributed by atoms with Gasteiger partial charge in [-0.3, -0.25) is 20.2 Å². The molecule has 0 aromatic heterocycles. The summed E-state index contributed by atoms with van der Waals surface area (Å²) in [6.45, 7) is 0.738. The number of amides is 1. The lowest BCUT2D eigenvalue weighted by molar-refractivity contribution is -0.147. The molecule has 0 unspecified atom stereocenters. The third-order valence-electron chi connectivity index (χ3n) is 8.87. The van der Waals surface area contributed by atoms with Crippen LogP contribution in [0.3, 0.4) is 0 Å². The van der Waals surface area contributed by atoms with Crippen LogP contribution in [0.1, 0.15) is 35.1 Å². The van der Waals surface area contributed by atoms with E-state index in [0.29, 0.717) is 24.2 Å². The third-order valence-corrected chi connectivity index (χ3v) is 8.87. The Morgan fingerprint density at radius 2 is 1.68 bits per heavy atom. The number of carbonyl (C=O) groups excluding carboxylic acids is 3. The van der Waals surface area contributed by atoms with Gasteiger partial charge in [0.05, 0.1) is 5.56 Å². The number of Topliss-reactive ketones (excluding diaryl/α,β-unsaturated/α-hetero) is 2. The van der Waals surface area contributed by atoms with E-state index < -0.39 is 52.0 Å². The molecular weight excluding hydrogens is 569 g/mol. The van der Waals surface area contributed by atoms with Gasteiger partial charge in [0.15, 0.2) is 11.4 Å². The number of fused-ring (bicyclic) bond motifs is 3. The zero-order valence-electron chi connectivity index (χ0n) is 23.5. The van der Waals surface area contributed by atoms with Crippen molar-refractivity contribution in [1.29, 1.82) is 0 Å². The normalized spacial score (nSPS) is 23.0. The topological polar surface area (TPSA) is 187 Å². The maximum absolute atomic E-state index is 13.7. The highest BCUT2D eigenvalue weighted by molar-refractivity contribution is 6.22. The van der Waals surface area contributed by atoms with E-state index in [4.69, 9.17) is 11.6 Å². The molecule has 3 aromatic rings. The number of phenols is 1. The van der Waals surface area contributed by atoms with Crippen molar-refractivity contribution < 1.29 is 39.2 Å². The quantitative estimate of drug-likeness (QED) is 0.141. The van der Waals surface area contributed by atoms with Crippen molar-refractivity contribution in [2.45, 2.75) is 38.0 Å². The van der Waals surface area contributed by atoms with Crippen LogP contribution < -0.4 is 11.6 Å². The van der Waals surface area contributed by atoms with E-state index in [1.165, 1.54) is 18.2 Å². The Kier molecular flexibility index (Phi) is 7.11. The van der Waals surface area contributed by atoms with E-state index in [1.54, 1.807) is 23.2 Å². The van der Waals surface area contributed by atoms with Gasteiger partial charge in [0.25, 0.3) is 5.91 Å². The van der Waals surface area contributed by atoms with Crippen molar-refractivity contribution in [1.82, 2.24) is 5.01 Å². The Morgan fingerprint density at radius 3 is 2.36 bits per heavy atom. The van der Waals surface area contributed by atoms with Crippen LogP contribution in [0.2, 0.25) is 0 Å². The second-order valence-corrected chi connectivity index (χ2v) is 11.6. The molecule has 0 radical (unpaired) electrons. The molecule has 1 amide bonds. The Morgan fingerprint density at radius 1 is 0.977 bits per heavy atom. The molecule has 1 fully saturated rings. The summed E-state index contributed by atoms with van der Waals surface area (Å²) in [5.41, 5.74) is 5.33. The van der Waals surface area contributed by atoms with Crippen molar-refractivity contribution in [3.8, 4) is 16.9 Å². The first-order chi connectivity index (χ1) is 20.9. The van der Waals surface area contributed by atoms with Crippen molar-refractivity contribution >= 4 is 23.2 Å². The number of hydrogen-bond acceptors (Lipinski definition) is 9. The monoisotopic (exact) mass is 599 g/mol. The Bertz CT molecular complexity index is 1800. The first-order valence-corrected chi connectivity index (χ1v) is 14.1. The van der Waals surface area contributed by atoms with E-state index >= 15 is 0 Å². The average molecular weight is 600 g/mol. The third kappa shape index (κ3) is 4.66. The van der Waals surface area contributed by atoms with Crippen LogP contribution >= 0.6 is 0 Å². The summed E-state index contributed by atoms with van der Waals surface area (Å²) in [4.78, 5) is 38.1. The molecule has 0 aliphatic heterocycles. The van der Waals surface area contributed by atoms with Crippen LogP contribution in [0.4, 0.5) is 4.39 Å². The molecule has 3 aromatic carbocycles. The number of aromatic hydroxyl groups is 1. The van der Waals surface area contributed by atoms with Gasteiger partial charge in [0.1, 0.15) is 28.7 Å². The maximum atomic E-state index is 13.7. The molecule has 1 saturated carbocycles. The van der Waals surface area contributed by atoms with Gasteiger partial charge in [-0.15, -0.1) is 0 Å². The molecular formula is C33H30FN3O7. The second-order valence-electron chi connectivity index (χ2n) is 11.6. The van der Waals surface area contributed by atoms with Crippen molar-refractivity contribution in [3.05, 3.63) is 106 Å². The largest absolute Gasteiger partial charge is 0.508 e. The fourth-order valence-electron chi connectivity index (χ4n) is 6.84. The fourth-order valence-corrected chi connectivity index (χ4v) is 6.84. The van der Waals surface area contributed by atoms with Gasteiger partial charge in [-0.1, -0.05) is 42.5 Å². The molecule has 3 aliphatic rings. The minimum atomic E-state index is -2.61. The predicted octanol–water partition coefficient (Wildman–Crippen LogP) is 3.11. The summed E-state index contributed by atoms with van der Waals surface area (Å²) in [7, 11) is 0. The van der Waals surface area contributed by atoms with Crippen molar-refractivity contribution in [3.63, 3.8) is 0 Å². The second kappa shape index (κ2) is 10.7. The highest BCUT2D eigenvalue weighted by Crippen LogP contribution is 2.53. The Hall–Kier alpha value is -4.84. The van der Waals surface area contributed by atoms with E-state index in [-0.39, 0.29) is 42.0 Å². The van der Waals surface area contributed by atoms with Crippen LogP contribution in [0, 0.1) is 17.7 Å². The lowest BCUT2D eigenvalue weighted by Crippen LogP contribution is -2.58. The number of benzene rings is 3. The van der Waals surface area contributed by atoms with Crippen LogP contribution in [0.25, 0.3) is 16.9 Å². The van der Waals surface area contributed by atoms with E-state index in [1.807, 2.05) is 24.3 Å². The summed E-state index contributed by atoms with van der Waals surface area (Å²) in [6, 6.07) is 16.8. The number of halogens is 1. The zero-order valence-corrected chi connectivity index (χ0v) is 23.5. The number of nitrogens with two attached hydrogens (primary N) is 2. The molecule has 6 rings (SSSR count). The van der Waals surface area contributed by atoms with Gasteiger partial charge in [-0.2, -0.15) is 0 Å². The van der Waals surface area contributed by atoms with Gasteiger partial charge >= 0.3 is 0 Å². The smallest absolute Gasteiger partial charge is 0.255 e. The number of hydrazine groups is 1. The SMILES string of the molecule is NC(=O)C1=C(O)[C@@]2(O)C(=O)C3=C(O)c4c(O)ccc(-c5ccc(CN(N)Cc6cccc(F)c6)cc5)c4C[C@H]3C[C@H]2CC1=O. The van der Waals surface area contributed by atoms with Crippen molar-refractivity contribution in [2.75, 3.05) is 0 Å². The number of aliphatic hydroxyl groups is 3. The molecule has 0 saturated heterocycles. The predicted molar refractivity (Wildman–Crippen MR) is 157 cm³/mol. The molecule has 3 aliphatic carbocycles. The molecule has 8 N–H and O–H groups in total. The lowest BCUT2D eigenvalue weighted by Gasteiger charge is -2.46. The van der Waals surface area contributed by atoms with Crippen LogP contribution in [-0.2, 0) is 33.9 Å². The zero-order chi connectivity index (χ0) is 31.5. The number of phenolic OH excluding ortho intramolecular Hbond substituents is 1. The van der Waals surface area contributed by atoms with Gasteiger partial charge in [-0.05, 0) is 64.8 Å². The number of carbonyl (C=O) groups is 3. The standard InChI is InChI=1S/C33H30FN3O7/c34-21-3-1-2-17(10-21)15-37(36)14-16-4-6-18(7-5-16)22-8-9-24(38)27-23(22)12-19-11-20-13-25(39)28(32(35)43)31(42)33(20,44)30(41)26(19)29(27)40/h1-10,19-20,38,40,42,44H,11-15,36H2,(H2,35,43)/t19-,20+,33+/m1/s1. The van der Waals surface area contributed by atoms with Gasteiger partial charge in [0.2, 0.25) is 5.78 Å². The van der Waals surface area contributed by atoms with Crippen LogP contribution in [0.15, 0.2) is 77.6 Å². The first-order valence-electron chi connectivity index (χ1n) is 14.1. The molecule has 0 bridgehead atoms. The molecule has 11 heteroatoms. The summed E-state index contributed by atoms with van der Waals surface area (Å²) in [5.74, 6) is -0.830. The summed E-state index contributed by atoms with van der Waals surface area (Å²) in [5, 5.41) is 45.8. The van der Waals surface area contributed by atoms with Gasteiger partial charge in [-0.25, -0.2) is 9.40 Å². The number of ketones is 2. The van der Waals surface area contributed by atoms with E-state index in [2.05, 4.69) is 0 Å². The highest BCUT2D eigenvalue weighted by Gasteiger charge is 2.60. The van der Waals surface area contributed by atoms with E-state index in [0.717, 1.165) is 16.7 Å². The van der Waals surface area contributed by atoms with E-state index in [9.17, 15) is 39.2 Å². The lowest BCUT2D eigenvalue weighted by atomic mass is 9.59. The number of hydrogen-bond donors (Lipinski definition) is 6. The summed E-state index contributed by atoms with van der Waals surface area (Å²) >= 11 is 0. The molecule has 10 nitrogen and oxygen atoms in total. The van der Waals surface area contributed by atoms with Crippen molar-refractivity contribution in [2.24, 2.45) is 23.4 Å².